The molecule has 5 nitrogen and oxygen atoms in total. The standard InChI is InChI=1S/C21H32N2O3/c1-3-4-8-13-22-20(24)19-11-14-23(15-12-19)21(25)17(2)26-16-18-9-6-5-7-10-18/h5-7,9-10,17,19H,3-4,8,11-16H2,1-2H3,(H,22,24). The first-order valence-electron chi connectivity index (χ1n) is 9.83. The summed E-state index contributed by atoms with van der Waals surface area (Å²) in [5.74, 6) is 0.186. The minimum Gasteiger partial charge on any atom is -0.364 e. The van der Waals surface area contributed by atoms with Gasteiger partial charge in [0.15, 0.2) is 0 Å². The topological polar surface area (TPSA) is 58.6 Å². The average molecular weight is 360 g/mol. The zero-order valence-corrected chi connectivity index (χ0v) is 16.1. The van der Waals surface area contributed by atoms with Crippen molar-refractivity contribution in [1.29, 1.82) is 0 Å². The largest absolute Gasteiger partial charge is 0.364 e. The number of carbonyl (C=O) groups is 2. The average Bonchev–Trinajstić information content (AvgIpc) is 2.69. The van der Waals surface area contributed by atoms with Crippen molar-refractivity contribution in [3.63, 3.8) is 0 Å². The Bertz CT molecular complexity index is 554. The molecule has 1 aliphatic heterocycles. The molecule has 2 amide bonds. The molecule has 1 saturated heterocycles. The fourth-order valence-electron chi connectivity index (χ4n) is 3.22. The maximum absolute atomic E-state index is 12.5. The van der Waals surface area contributed by atoms with Gasteiger partial charge in [-0.15, -0.1) is 0 Å². The van der Waals surface area contributed by atoms with Crippen LogP contribution >= 0.6 is 0 Å². The Labute approximate surface area is 157 Å². The number of amides is 2. The molecule has 5 heteroatoms. The number of nitrogens with one attached hydrogen (secondary N) is 1. The molecule has 0 spiro atoms. The van der Waals surface area contributed by atoms with Gasteiger partial charge < -0.3 is 15.0 Å². The highest BCUT2D eigenvalue weighted by Crippen LogP contribution is 2.19. The van der Waals surface area contributed by atoms with Gasteiger partial charge in [-0.3, -0.25) is 9.59 Å². The molecule has 0 bridgehead atoms. The fraction of sp³-hybridized carbons (Fsp3) is 0.619. The first-order valence-corrected chi connectivity index (χ1v) is 9.83. The SMILES string of the molecule is CCCCCNC(=O)C1CCN(C(=O)C(C)OCc2ccccc2)CC1. The van der Waals surface area contributed by atoms with Gasteiger partial charge in [-0.1, -0.05) is 50.1 Å². The van der Waals surface area contributed by atoms with Crippen molar-refractivity contribution < 1.29 is 14.3 Å². The van der Waals surface area contributed by atoms with Crippen molar-refractivity contribution in [3.05, 3.63) is 35.9 Å². The van der Waals surface area contributed by atoms with E-state index >= 15 is 0 Å². The predicted molar refractivity (Wildman–Crippen MR) is 103 cm³/mol. The molecule has 26 heavy (non-hydrogen) atoms. The number of carbonyl (C=O) groups excluding carboxylic acids is 2. The van der Waals surface area contributed by atoms with Gasteiger partial charge in [0, 0.05) is 25.6 Å². The first-order chi connectivity index (χ1) is 12.6. The van der Waals surface area contributed by atoms with E-state index in [4.69, 9.17) is 4.74 Å². The number of hydrogen-bond acceptors (Lipinski definition) is 3. The summed E-state index contributed by atoms with van der Waals surface area (Å²) in [5, 5.41) is 3.03. The molecule has 0 radical (unpaired) electrons. The molecule has 1 atom stereocenters. The number of piperidine rings is 1. The van der Waals surface area contributed by atoms with Gasteiger partial charge in [-0.25, -0.2) is 0 Å². The van der Waals surface area contributed by atoms with Crippen LogP contribution in [0.25, 0.3) is 0 Å². The van der Waals surface area contributed by atoms with Crippen LogP contribution in [0.4, 0.5) is 0 Å². The van der Waals surface area contributed by atoms with Crippen molar-refractivity contribution in [2.45, 2.75) is 58.7 Å². The van der Waals surface area contributed by atoms with E-state index in [2.05, 4.69) is 12.2 Å². The number of ether oxygens (including phenoxy) is 1. The number of nitrogens with zero attached hydrogens (tertiary/aromatic N) is 1. The molecule has 0 saturated carbocycles. The van der Waals surface area contributed by atoms with Crippen LogP contribution in [0, 0.1) is 5.92 Å². The zero-order chi connectivity index (χ0) is 18.8. The highest BCUT2D eigenvalue weighted by atomic mass is 16.5. The molecular formula is C21H32N2O3. The third kappa shape index (κ3) is 6.45. The lowest BCUT2D eigenvalue weighted by molar-refractivity contribution is -0.146. The minimum atomic E-state index is -0.463. The zero-order valence-electron chi connectivity index (χ0n) is 16.1. The number of rotatable bonds is 9. The molecule has 144 valence electrons. The number of likely N-dealkylation sites (tertiary alicyclic amines) is 1. The van der Waals surface area contributed by atoms with Crippen LogP contribution in [-0.4, -0.2) is 42.5 Å². The third-order valence-corrected chi connectivity index (χ3v) is 4.95. The van der Waals surface area contributed by atoms with E-state index in [-0.39, 0.29) is 17.7 Å². The molecule has 2 rings (SSSR count). The van der Waals surface area contributed by atoms with Crippen molar-refractivity contribution in [2.75, 3.05) is 19.6 Å². The van der Waals surface area contributed by atoms with Gasteiger partial charge in [0.2, 0.25) is 5.91 Å². The van der Waals surface area contributed by atoms with Crippen molar-refractivity contribution >= 4 is 11.8 Å². The Morgan fingerprint density at radius 1 is 1.19 bits per heavy atom. The van der Waals surface area contributed by atoms with Crippen LogP contribution in [0.3, 0.4) is 0 Å². The van der Waals surface area contributed by atoms with Gasteiger partial charge in [0.1, 0.15) is 6.10 Å². The Morgan fingerprint density at radius 2 is 1.88 bits per heavy atom. The molecule has 1 unspecified atom stereocenters. The second-order valence-electron chi connectivity index (χ2n) is 7.04. The van der Waals surface area contributed by atoms with Crippen molar-refractivity contribution in [2.24, 2.45) is 5.92 Å². The molecule has 1 aromatic rings. The number of unbranched alkanes of at least 4 members (excludes halogenated alkanes) is 2. The van der Waals surface area contributed by atoms with Gasteiger partial charge in [-0.2, -0.15) is 0 Å². The summed E-state index contributed by atoms with van der Waals surface area (Å²) >= 11 is 0. The molecule has 0 aliphatic carbocycles. The molecular weight excluding hydrogens is 328 g/mol. The van der Waals surface area contributed by atoms with E-state index in [0.29, 0.717) is 19.7 Å². The van der Waals surface area contributed by atoms with Crippen LogP contribution in [0.15, 0.2) is 30.3 Å². The smallest absolute Gasteiger partial charge is 0.251 e. The Balaban J connectivity index is 1.69. The van der Waals surface area contributed by atoms with E-state index in [0.717, 1.165) is 44.2 Å². The molecule has 1 aromatic carbocycles. The quantitative estimate of drug-likeness (QED) is 0.688. The molecule has 0 aromatic heterocycles. The Hall–Kier alpha value is -1.88. The Morgan fingerprint density at radius 3 is 2.54 bits per heavy atom. The van der Waals surface area contributed by atoms with E-state index in [1.165, 1.54) is 0 Å². The van der Waals surface area contributed by atoms with E-state index in [1.807, 2.05) is 35.2 Å². The van der Waals surface area contributed by atoms with Crippen molar-refractivity contribution in [1.82, 2.24) is 10.2 Å². The maximum atomic E-state index is 12.5. The normalized spacial score (nSPS) is 16.3. The summed E-state index contributed by atoms with van der Waals surface area (Å²) in [5.41, 5.74) is 1.06. The molecule has 1 aliphatic rings. The lowest BCUT2D eigenvalue weighted by Crippen LogP contribution is -2.46. The summed E-state index contributed by atoms with van der Waals surface area (Å²) in [7, 11) is 0. The summed E-state index contributed by atoms with van der Waals surface area (Å²) < 4.78 is 5.72. The number of benzene rings is 1. The first kappa shape index (κ1) is 20.4. The van der Waals surface area contributed by atoms with E-state index in [1.54, 1.807) is 6.92 Å². The van der Waals surface area contributed by atoms with E-state index in [9.17, 15) is 9.59 Å². The van der Waals surface area contributed by atoms with Gasteiger partial charge in [0.25, 0.3) is 5.91 Å². The van der Waals surface area contributed by atoms with Crippen LogP contribution in [0.1, 0.15) is 51.5 Å². The van der Waals surface area contributed by atoms with Crippen LogP contribution in [0.2, 0.25) is 0 Å². The lowest BCUT2D eigenvalue weighted by atomic mass is 9.95. The minimum absolute atomic E-state index is 0.0164. The monoisotopic (exact) mass is 360 g/mol. The summed E-state index contributed by atoms with van der Waals surface area (Å²) in [4.78, 5) is 26.6. The van der Waals surface area contributed by atoms with Crippen molar-refractivity contribution in [3.8, 4) is 0 Å². The highest BCUT2D eigenvalue weighted by Gasteiger charge is 2.29. The Kier molecular flexibility index (Phi) is 8.62. The van der Waals surface area contributed by atoms with Gasteiger partial charge >= 0.3 is 0 Å². The summed E-state index contributed by atoms with van der Waals surface area (Å²) in [6, 6.07) is 9.86. The van der Waals surface area contributed by atoms with Gasteiger partial charge in [-0.05, 0) is 31.7 Å². The fourth-order valence-corrected chi connectivity index (χ4v) is 3.22. The molecule has 1 N–H and O–H groups in total. The second kappa shape index (κ2) is 11.0. The maximum Gasteiger partial charge on any atom is 0.251 e. The highest BCUT2D eigenvalue weighted by molar-refractivity contribution is 5.82. The predicted octanol–water partition coefficient (Wildman–Crippen LogP) is 3.14. The molecule has 1 heterocycles. The van der Waals surface area contributed by atoms with E-state index < -0.39 is 6.10 Å². The third-order valence-electron chi connectivity index (χ3n) is 4.95. The summed E-state index contributed by atoms with van der Waals surface area (Å²) in [6.07, 6.45) is 4.34. The van der Waals surface area contributed by atoms with Gasteiger partial charge in [0.05, 0.1) is 6.61 Å². The van der Waals surface area contributed by atoms with Crippen LogP contribution in [-0.2, 0) is 20.9 Å². The molecule has 1 fully saturated rings. The van der Waals surface area contributed by atoms with Crippen LogP contribution < -0.4 is 5.32 Å². The van der Waals surface area contributed by atoms with Crippen LogP contribution in [0.5, 0.6) is 0 Å². The summed E-state index contributed by atoms with van der Waals surface area (Å²) in [6.45, 7) is 6.41. The second-order valence-corrected chi connectivity index (χ2v) is 7.04. The lowest BCUT2D eigenvalue weighted by Gasteiger charge is -2.33. The number of hydrogen-bond donors (Lipinski definition) is 1.